The molecule has 0 unspecified atom stereocenters. The van der Waals surface area contributed by atoms with Crippen molar-refractivity contribution in [2.24, 2.45) is 0 Å². The van der Waals surface area contributed by atoms with Crippen LogP contribution in [0.4, 0.5) is 0 Å². The molecule has 2 aromatic rings. The van der Waals surface area contributed by atoms with Gasteiger partial charge in [0, 0.05) is 22.8 Å². The van der Waals surface area contributed by atoms with Crippen LogP contribution >= 0.6 is 0 Å². The summed E-state index contributed by atoms with van der Waals surface area (Å²) in [5.41, 5.74) is 3.06. The number of hydrogen-bond donors (Lipinski definition) is 1. The van der Waals surface area contributed by atoms with Crippen LogP contribution in [0, 0.1) is 11.3 Å². The van der Waals surface area contributed by atoms with E-state index in [0.29, 0.717) is 22.6 Å². The summed E-state index contributed by atoms with van der Waals surface area (Å²) in [4.78, 5) is 15.3. The minimum absolute atomic E-state index is 0.232. The van der Waals surface area contributed by atoms with Crippen molar-refractivity contribution in [3.05, 3.63) is 53.1 Å². The molecule has 132 valence electrons. The lowest BCUT2D eigenvalue weighted by atomic mass is 10.00. The highest BCUT2D eigenvalue weighted by atomic mass is 16.5. The summed E-state index contributed by atoms with van der Waals surface area (Å²) in [6.45, 7) is 1.88. The Kier molecular flexibility index (Phi) is 6.12. The number of aliphatic carboxylic acids is 1. The Morgan fingerprint density at radius 3 is 2.42 bits per heavy atom. The number of allylic oxidation sites excluding steroid dienone is 1. The maximum Gasteiger partial charge on any atom is 0.328 e. The van der Waals surface area contributed by atoms with Crippen LogP contribution in [0.2, 0.25) is 0 Å². The van der Waals surface area contributed by atoms with Crippen molar-refractivity contribution in [2.75, 3.05) is 14.2 Å². The van der Waals surface area contributed by atoms with Gasteiger partial charge < -0.3 is 14.6 Å². The zero-order chi connectivity index (χ0) is 19.1. The molecule has 1 aromatic heterocycles. The van der Waals surface area contributed by atoms with Crippen LogP contribution in [0.25, 0.3) is 23.4 Å². The van der Waals surface area contributed by atoms with Gasteiger partial charge in [-0.05, 0) is 37.3 Å². The predicted molar refractivity (Wildman–Crippen MR) is 98.9 cm³/mol. The second kappa shape index (κ2) is 8.49. The molecular formula is C20H18N2O4. The lowest BCUT2D eigenvalue weighted by Gasteiger charge is -2.13. The van der Waals surface area contributed by atoms with E-state index >= 15 is 0 Å². The quantitative estimate of drug-likeness (QED) is 0.797. The van der Waals surface area contributed by atoms with Crippen LogP contribution < -0.4 is 9.47 Å². The highest BCUT2D eigenvalue weighted by Gasteiger charge is 2.13. The summed E-state index contributed by atoms with van der Waals surface area (Å²) in [6, 6.07) is 9.03. The molecule has 0 atom stereocenters. The van der Waals surface area contributed by atoms with E-state index in [1.165, 1.54) is 20.3 Å². The van der Waals surface area contributed by atoms with Crippen LogP contribution in [-0.4, -0.2) is 30.3 Å². The number of methoxy groups -OCH3 is 2. The summed E-state index contributed by atoms with van der Waals surface area (Å²) in [5.74, 6) is -0.260. The van der Waals surface area contributed by atoms with E-state index in [1.807, 2.05) is 31.2 Å². The molecule has 0 bridgehead atoms. The first-order valence-corrected chi connectivity index (χ1v) is 7.75. The summed E-state index contributed by atoms with van der Waals surface area (Å²) in [5, 5.41) is 18.0. The van der Waals surface area contributed by atoms with E-state index in [-0.39, 0.29) is 5.88 Å². The van der Waals surface area contributed by atoms with Gasteiger partial charge in [0.2, 0.25) is 5.88 Å². The van der Waals surface area contributed by atoms with Gasteiger partial charge in [-0.2, -0.15) is 5.26 Å². The second-order valence-electron chi connectivity index (χ2n) is 5.22. The summed E-state index contributed by atoms with van der Waals surface area (Å²) < 4.78 is 10.6. The van der Waals surface area contributed by atoms with E-state index in [0.717, 1.165) is 17.2 Å². The molecule has 26 heavy (non-hydrogen) atoms. The summed E-state index contributed by atoms with van der Waals surface area (Å²) in [7, 11) is 2.98. The Labute approximate surface area is 151 Å². The Morgan fingerprint density at radius 2 is 1.88 bits per heavy atom. The van der Waals surface area contributed by atoms with E-state index in [1.54, 1.807) is 18.2 Å². The van der Waals surface area contributed by atoms with Crippen molar-refractivity contribution in [1.29, 1.82) is 5.26 Å². The van der Waals surface area contributed by atoms with Gasteiger partial charge in [-0.3, -0.25) is 0 Å². The Balaban J connectivity index is 2.69. The van der Waals surface area contributed by atoms with E-state index in [2.05, 4.69) is 4.98 Å². The molecule has 1 N–H and O–H groups in total. The molecule has 0 aliphatic carbocycles. The van der Waals surface area contributed by atoms with Gasteiger partial charge in [-0.15, -0.1) is 0 Å². The van der Waals surface area contributed by atoms with Crippen LogP contribution in [-0.2, 0) is 4.79 Å². The summed E-state index contributed by atoms with van der Waals surface area (Å²) in [6.07, 6.45) is 6.24. The topological polar surface area (TPSA) is 92.4 Å². The number of pyridine rings is 1. The fourth-order valence-electron chi connectivity index (χ4n) is 2.49. The zero-order valence-corrected chi connectivity index (χ0v) is 14.7. The molecule has 1 heterocycles. The third-order valence-corrected chi connectivity index (χ3v) is 3.57. The van der Waals surface area contributed by atoms with Crippen molar-refractivity contribution in [2.45, 2.75) is 6.92 Å². The molecule has 6 nitrogen and oxygen atoms in total. The first kappa shape index (κ1) is 18.7. The SMILES string of the molecule is CC=Cc1cc(-c2ccc(C#N)c(OC)n2)cc(C=CC(=O)O)c1OC. The van der Waals surface area contributed by atoms with Gasteiger partial charge in [-0.25, -0.2) is 9.78 Å². The van der Waals surface area contributed by atoms with Crippen molar-refractivity contribution in [3.8, 4) is 29.0 Å². The molecule has 0 aliphatic rings. The molecule has 0 radical (unpaired) electrons. The monoisotopic (exact) mass is 350 g/mol. The van der Waals surface area contributed by atoms with Gasteiger partial charge in [-0.1, -0.05) is 12.2 Å². The molecule has 0 spiro atoms. The maximum atomic E-state index is 10.9. The molecule has 6 heteroatoms. The first-order chi connectivity index (χ1) is 12.5. The minimum atomic E-state index is -1.05. The fraction of sp³-hybridized carbons (Fsp3) is 0.150. The number of benzene rings is 1. The third-order valence-electron chi connectivity index (χ3n) is 3.57. The average molecular weight is 350 g/mol. The molecule has 0 amide bonds. The fourth-order valence-corrected chi connectivity index (χ4v) is 2.49. The number of carboxylic acid groups (broad SMARTS) is 1. The molecule has 2 rings (SSSR count). The molecule has 0 saturated carbocycles. The smallest absolute Gasteiger partial charge is 0.328 e. The number of ether oxygens (including phenoxy) is 2. The zero-order valence-electron chi connectivity index (χ0n) is 14.7. The highest BCUT2D eigenvalue weighted by Crippen LogP contribution is 2.33. The number of hydrogen-bond acceptors (Lipinski definition) is 5. The minimum Gasteiger partial charge on any atom is -0.496 e. The number of carbonyl (C=O) groups is 1. The number of nitrogens with zero attached hydrogens (tertiary/aromatic N) is 2. The van der Waals surface area contributed by atoms with Gasteiger partial charge in [0.1, 0.15) is 17.4 Å². The lowest BCUT2D eigenvalue weighted by Crippen LogP contribution is -1.97. The van der Waals surface area contributed by atoms with Crippen LogP contribution in [0.3, 0.4) is 0 Å². The van der Waals surface area contributed by atoms with Gasteiger partial charge in [0.15, 0.2) is 0 Å². The third kappa shape index (κ3) is 4.08. The standard InChI is InChI=1S/C20H18N2O4/c1-4-5-13-10-16(11-14(19(13)25-2)7-9-18(23)24)17-8-6-15(12-21)20(22-17)26-3/h4-11H,1-3H3,(H,23,24). The van der Waals surface area contributed by atoms with Gasteiger partial charge in [0.05, 0.1) is 19.9 Å². The van der Waals surface area contributed by atoms with Gasteiger partial charge >= 0.3 is 5.97 Å². The van der Waals surface area contributed by atoms with E-state index < -0.39 is 5.97 Å². The van der Waals surface area contributed by atoms with Gasteiger partial charge in [0.25, 0.3) is 0 Å². The second-order valence-corrected chi connectivity index (χ2v) is 5.22. The number of rotatable bonds is 6. The Bertz CT molecular complexity index is 924. The van der Waals surface area contributed by atoms with Crippen molar-refractivity contribution >= 4 is 18.1 Å². The van der Waals surface area contributed by atoms with Crippen LogP contribution in [0.15, 0.2) is 36.4 Å². The van der Waals surface area contributed by atoms with Crippen LogP contribution in [0.5, 0.6) is 11.6 Å². The summed E-state index contributed by atoms with van der Waals surface area (Å²) >= 11 is 0. The maximum absolute atomic E-state index is 10.9. The molecule has 0 saturated heterocycles. The number of nitriles is 1. The Morgan fingerprint density at radius 1 is 1.19 bits per heavy atom. The molecule has 0 aliphatic heterocycles. The molecular weight excluding hydrogens is 332 g/mol. The van der Waals surface area contributed by atoms with Crippen molar-refractivity contribution < 1.29 is 19.4 Å². The average Bonchev–Trinajstić information content (AvgIpc) is 2.65. The molecule has 0 fully saturated rings. The van der Waals surface area contributed by atoms with Crippen molar-refractivity contribution in [3.63, 3.8) is 0 Å². The van der Waals surface area contributed by atoms with Crippen LogP contribution in [0.1, 0.15) is 23.6 Å². The Hall–Kier alpha value is -3.59. The van der Waals surface area contributed by atoms with Crippen molar-refractivity contribution in [1.82, 2.24) is 4.98 Å². The predicted octanol–water partition coefficient (Wildman–Crippen LogP) is 3.77. The van der Waals surface area contributed by atoms with E-state index in [9.17, 15) is 4.79 Å². The number of aromatic nitrogens is 1. The first-order valence-electron chi connectivity index (χ1n) is 7.75. The largest absolute Gasteiger partial charge is 0.496 e. The highest BCUT2D eigenvalue weighted by molar-refractivity contribution is 5.87. The van der Waals surface area contributed by atoms with E-state index in [4.69, 9.17) is 19.8 Å². The lowest BCUT2D eigenvalue weighted by molar-refractivity contribution is -0.131. The number of carboxylic acids is 1. The molecule has 1 aromatic carbocycles. The normalized spacial score (nSPS) is 10.8.